The van der Waals surface area contributed by atoms with Crippen molar-refractivity contribution in [3.8, 4) is 0 Å². The summed E-state index contributed by atoms with van der Waals surface area (Å²) < 4.78 is 0. The van der Waals surface area contributed by atoms with Gasteiger partial charge in [-0.05, 0) is 11.0 Å². The Kier molecular flexibility index (Phi) is 4.07. The number of H-pyrrole nitrogens is 1. The largest absolute Gasteiger partial charge is 0.351 e. The number of hydrogen-bond donors (Lipinski definition) is 3. The van der Waals surface area contributed by atoms with Gasteiger partial charge in [0, 0.05) is 18.8 Å². The molecule has 1 rings (SSSR count). The zero-order valence-corrected chi connectivity index (χ0v) is 10.4. The molecule has 1 heterocycles. The Morgan fingerprint density at radius 1 is 1.47 bits per heavy atom. The second-order valence-electron chi connectivity index (χ2n) is 5.12. The Morgan fingerprint density at radius 3 is 2.59 bits per heavy atom. The fourth-order valence-corrected chi connectivity index (χ4v) is 1.25. The van der Waals surface area contributed by atoms with Crippen LogP contribution in [0.3, 0.4) is 0 Å². The van der Waals surface area contributed by atoms with Crippen molar-refractivity contribution in [2.75, 3.05) is 0 Å². The molecule has 0 radical (unpaired) electrons. The molecule has 1 aromatic rings. The van der Waals surface area contributed by atoms with Crippen LogP contribution >= 0.6 is 0 Å². The van der Waals surface area contributed by atoms with Gasteiger partial charge in [0.2, 0.25) is 11.5 Å². The van der Waals surface area contributed by atoms with E-state index in [2.05, 4.69) is 10.3 Å². The first-order chi connectivity index (χ1) is 7.80. The maximum atomic E-state index is 11.7. The van der Waals surface area contributed by atoms with Crippen molar-refractivity contribution >= 4 is 5.91 Å². The van der Waals surface area contributed by atoms with Gasteiger partial charge in [0.1, 0.15) is 0 Å². The first-order valence-corrected chi connectivity index (χ1v) is 5.51. The highest BCUT2D eigenvalue weighted by molar-refractivity contribution is 5.82. The molecule has 0 aliphatic carbocycles. The summed E-state index contributed by atoms with van der Waals surface area (Å²) in [6, 6.07) is 2.54. The topological polar surface area (TPSA) is 88.0 Å². The molecular weight excluding hydrogens is 218 g/mol. The van der Waals surface area contributed by atoms with Gasteiger partial charge in [-0.1, -0.05) is 26.8 Å². The van der Waals surface area contributed by atoms with Crippen LogP contribution in [-0.4, -0.2) is 16.9 Å². The number of aromatic nitrogens is 1. The molecule has 0 saturated carbocycles. The number of rotatable bonds is 3. The SMILES string of the molecule is CC(C)(C)[C@H](N)C(=O)NCc1ccc(=O)[nH]c1. The molecule has 17 heavy (non-hydrogen) atoms. The van der Waals surface area contributed by atoms with E-state index in [4.69, 9.17) is 5.73 Å². The van der Waals surface area contributed by atoms with E-state index in [1.165, 1.54) is 6.07 Å². The molecule has 0 aliphatic heterocycles. The number of nitrogens with one attached hydrogen (secondary N) is 2. The van der Waals surface area contributed by atoms with E-state index in [-0.39, 0.29) is 16.9 Å². The molecule has 94 valence electrons. The lowest BCUT2D eigenvalue weighted by Gasteiger charge is -2.25. The van der Waals surface area contributed by atoms with Crippen molar-refractivity contribution in [1.29, 1.82) is 0 Å². The van der Waals surface area contributed by atoms with E-state index in [1.54, 1.807) is 12.3 Å². The van der Waals surface area contributed by atoms with Crippen LogP contribution in [0.2, 0.25) is 0 Å². The van der Waals surface area contributed by atoms with Crippen LogP contribution in [0.1, 0.15) is 26.3 Å². The van der Waals surface area contributed by atoms with Crippen molar-refractivity contribution < 1.29 is 4.79 Å². The Bertz CT molecular complexity index is 425. The maximum Gasteiger partial charge on any atom is 0.247 e. The van der Waals surface area contributed by atoms with E-state index < -0.39 is 6.04 Å². The number of nitrogens with two attached hydrogens (primary N) is 1. The van der Waals surface area contributed by atoms with Crippen LogP contribution in [0.5, 0.6) is 0 Å². The summed E-state index contributed by atoms with van der Waals surface area (Å²) in [4.78, 5) is 25.1. The van der Waals surface area contributed by atoms with E-state index in [0.717, 1.165) is 5.56 Å². The Labute approximate surface area is 100 Å². The molecule has 0 spiro atoms. The zero-order chi connectivity index (χ0) is 13.1. The summed E-state index contributed by atoms with van der Waals surface area (Å²) in [5.41, 5.74) is 6.22. The highest BCUT2D eigenvalue weighted by Gasteiger charge is 2.26. The number of carbonyl (C=O) groups is 1. The zero-order valence-electron chi connectivity index (χ0n) is 10.4. The number of pyridine rings is 1. The minimum atomic E-state index is -0.551. The first kappa shape index (κ1) is 13.4. The number of carbonyl (C=O) groups excluding carboxylic acids is 1. The van der Waals surface area contributed by atoms with Crippen LogP contribution in [0.15, 0.2) is 23.1 Å². The van der Waals surface area contributed by atoms with Gasteiger partial charge in [-0.15, -0.1) is 0 Å². The molecule has 0 saturated heterocycles. The highest BCUT2D eigenvalue weighted by Crippen LogP contribution is 2.17. The van der Waals surface area contributed by atoms with Crippen LogP contribution in [0.4, 0.5) is 0 Å². The van der Waals surface area contributed by atoms with Gasteiger partial charge in [-0.25, -0.2) is 0 Å². The van der Waals surface area contributed by atoms with Gasteiger partial charge in [-0.3, -0.25) is 9.59 Å². The lowest BCUT2D eigenvalue weighted by molar-refractivity contribution is -0.124. The maximum absolute atomic E-state index is 11.7. The molecule has 0 unspecified atom stereocenters. The average molecular weight is 237 g/mol. The smallest absolute Gasteiger partial charge is 0.247 e. The minimum absolute atomic E-state index is 0.161. The normalized spacial score (nSPS) is 13.2. The van der Waals surface area contributed by atoms with Crippen LogP contribution < -0.4 is 16.6 Å². The predicted molar refractivity (Wildman–Crippen MR) is 66.3 cm³/mol. The van der Waals surface area contributed by atoms with E-state index in [9.17, 15) is 9.59 Å². The van der Waals surface area contributed by atoms with Crippen molar-refractivity contribution in [3.63, 3.8) is 0 Å². The summed E-state index contributed by atoms with van der Waals surface area (Å²) in [5.74, 6) is -0.191. The third-order valence-corrected chi connectivity index (χ3v) is 2.53. The summed E-state index contributed by atoms with van der Waals surface area (Å²) in [6.45, 7) is 6.10. The molecule has 0 bridgehead atoms. The van der Waals surface area contributed by atoms with E-state index in [0.29, 0.717) is 6.54 Å². The third-order valence-electron chi connectivity index (χ3n) is 2.53. The van der Waals surface area contributed by atoms with Crippen LogP contribution in [0.25, 0.3) is 0 Å². The molecule has 0 fully saturated rings. The lowest BCUT2D eigenvalue weighted by Crippen LogP contribution is -2.48. The first-order valence-electron chi connectivity index (χ1n) is 5.51. The number of hydrogen-bond acceptors (Lipinski definition) is 3. The molecule has 1 atom stereocenters. The summed E-state index contributed by atoms with van der Waals surface area (Å²) in [7, 11) is 0. The molecule has 0 aromatic carbocycles. The summed E-state index contributed by atoms with van der Waals surface area (Å²) in [6.07, 6.45) is 1.57. The minimum Gasteiger partial charge on any atom is -0.351 e. The molecular formula is C12H19N3O2. The summed E-state index contributed by atoms with van der Waals surface area (Å²) in [5, 5.41) is 2.74. The Morgan fingerprint density at radius 2 is 2.12 bits per heavy atom. The lowest BCUT2D eigenvalue weighted by atomic mass is 9.87. The monoisotopic (exact) mass is 237 g/mol. The van der Waals surface area contributed by atoms with Gasteiger partial charge >= 0.3 is 0 Å². The van der Waals surface area contributed by atoms with Gasteiger partial charge in [-0.2, -0.15) is 0 Å². The number of amides is 1. The van der Waals surface area contributed by atoms with Gasteiger partial charge in [0.05, 0.1) is 6.04 Å². The fourth-order valence-electron chi connectivity index (χ4n) is 1.25. The second-order valence-corrected chi connectivity index (χ2v) is 5.12. The van der Waals surface area contributed by atoms with E-state index >= 15 is 0 Å². The van der Waals surface area contributed by atoms with Gasteiger partial charge in [0.15, 0.2) is 0 Å². The second kappa shape index (κ2) is 5.14. The molecule has 1 aromatic heterocycles. The quantitative estimate of drug-likeness (QED) is 0.709. The molecule has 5 nitrogen and oxygen atoms in total. The molecule has 1 amide bonds. The molecule has 5 heteroatoms. The van der Waals surface area contributed by atoms with E-state index in [1.807, 2.05) is 20.8 Å². The molecule has 4 N–H and O–H groups in total. The predicted octanol–water partition coefficient (Wildman–Crippen LogP) is 0.364. The van der Waals surface area contributed by atoms with Crippen LogP contribution in [-0.2, 0) is 11.3 Å². The standard InChI is InChI=1S/C12H19N3O2/c1-12(2,3)10(13)11(17)15-7-8-4-5-9(16)14-6-8/h4-6,10H,7,13H2,1-3H3,(H,14,16)(H,15,17)/t10-/m1/s1. The van der Waals surface area contributed by atoms with Gasteiger partial charge in [0.25, 0.3) is 0 Å². The fraction of sp³-hybridized carbons (Fsp3) is 0.500. The van der Waals surface area contributed by atoms with Crippen molar-refractivity contribution in [2.24, 2.45) is 11.1 Å². The molecule has 0 aliphatic rings. The highest BCUT2D eigenvalue weighted by atomic mass is 16.2. The number of aromatic amines is 1. The third kappa shape index (κ3) is 4.03. The van der Waals surface area contributed by atoms with Crippen molar-refractivity contribution in [1.82, 2.24) is 10.3 Å². The van der Waals surface area contributed by atoms with Crippen molar-refractivity contribution in [2.45, 2.75) is 33.4 Å². The van der Waals surface area contributed by atoms with Gasteiger partial charge < -0.3 is 16.0 Å². The Hall–Kier alpha value is -1.62. The van der Waals surface area contributed by atoms with Crippen LogP contribution in [0, 0.1) is 5.41 Å². The summed E-state index contributed by atoms with van der Waals surface area (Å²) >= 11 is 0. The average Bonchev–Trinajstić information content (AvgIpc) is 2.25. The van der Waals surface area contributed by atoms with Crippen molar-refractivity contribution in [3.05, 3.63) is 34.2 Å². The Balaban J connectivity index is 2.54.